The van der Waals surface area contributed by atoms with Gasteiger partial charge in [0.05, 0.1) is 26.2 Å². The zero-order valence-electron chi connectivity index (χ0n) is 9.83. The third-order valence-electron chi connectivity index (χ3n) is 2.84. The highest BCUT2D eigenvalue weighted by atomic mass is 35.5. The number of hydrogen-bond donors (Lipinski definition) is 1. The van der Waals surface area contributed by atoms with E-state index in [-0.39, 0.29) is 17.7 Å². The summed E-state index contributed by atoms with van der Waals surface area (Å²) in [4.78, 5) is 27.4. The molecule has 0 unspecified atom stereocenters. The fourth-order valence-electron chi connectivity index (χ4n) is 1.71. The van der Waals surface area contributed by atoms with Gasteiger partial charge in [0.25, 0.3) is 5.91 Å². The van der Waals surface area contributed by atoms with E-state index in [1.165, 1.54) is 4.90 Å². The molecule has 0 spiro atoms. The van der Waals surface area contributed by atoms with E-state index in [9.17, 15) is 9.59 Å². The third kappa shape index (κ3) is 3.64. The number of likely N-dealkylation sites (N-methyl/N-ethyl adjacent to an activating group) is 1. The number of carbonyl (C=O) groups excluding carboxylic acids is 2. The van der Waals surface area contributed by atoms with E-state index in [0.717, 1.165) is 13.1 Å². The Labute approximate surface area is 101 Å². The normalized spacial score (nSPS) is 17.3. The van der Waals surface area contributed by atoms with Crippen molar-refractivity contribution in [3.05, 3.63) is 0 Å². The average molecular weight is 249 g/mol. The van der Waals surface area contributed by atoms with Crippen LogP contribution >= 0.6 is 11.6 Å². The molecule has 1 saturated heterocycles. The molecular formula is C10H19ClN3O2+. The molecule has 2 amide bonds. The van der Waals surface area contributed by atoms with Crippen LogP contribution in [0.5, 0.6) is 0 Å². The summed E-state index contributed by atoms with van der Waals surface area (Å²) in [6, 6.07) is 0. The maximum atomic E-state index is 11.5. The molecule has 0 aliphatic carbocycles. The van der Waals surface area contributed by atoms with Gasteiger partial charge in [-0.05, 0) is 0 Å². The molecular weight excluding hydrogens is 230 g/mol. The topological polar surface area (TPSA) is 45.1 Å². The zero-order chi connectivity index (χ0) is 12.1. The molecule has 1 rings (SSSR count). The van der Waals surface area contributed by atoms with Gasteiger partial charge in [-0.3, -0.25) is 9.59 Å². The van der Waals surface area contributed by atoms with Crippen molar-refractivity contribution in [3.8, 4) is 0 Å². The zero-order valence-corrected chi connectivity index (χ0v) is 10.6. The smallest absolute Gasteiger partial charge is 0.277 e. The van der Waals surface area contributed by atoms with Gasteiger partial charge in [0.2, 0.25) is 5.91 Å². The minimum absolute atomic E-state index is 0.0142. The van der Waals surface area contributed by atoms with Gasteiger partial charge in [-0.1, -0.05) is 0 Å². The quantitative estimate of drug-likeness (QED) is 0.590. The molecule has 1 fully saturated rings. The second-order valence-electron chi connectivity index (χ2n) is 4.23. The van der Waals surface area contributed by atoms with Crippen LogP contribution in [-0.4, -0.2) is 74.3 Å². The standard InChI is InChI=1S/C10H18ClN3O2/c1-12(2)10(16)8-13-3-5-14(6-4-13)9(15)7-11/h3-8H2,1-2H3/p+1. The molecule has 16 heavy (non-hydrogen) atoms. The van der Waals surface area contributed by atoms with Gasteiger partial charge in [0.1, 0.15) is 5.88 Å². The van der Waals surface area contributed by atoms with Gasteiger partial charge in [-0.15, -0.1) is 11.6 Å². The van der Waals surface area contributed by atoms with E-state index >= 15 is 0 Å². The van der Waals surface area contributed by atoms with Crippen molar-refractivity contribution in [1.82, 2.24) is 9.80 Å². The summed E-state index contributed by atoms with van der Waals surface area (Å²) in [6.07, 6.45) is 0. The van der Waals surface area contributed by atoms with Crippen molar-refractivity contribution < 1.29 is 14.5 Å². The summed E-state index contributed by atoms with van der Waals surface area (Å²) in [5.74, 6) is 0.165. The Kier molecular flexibility index (Phi) is 5.02. The van der Waals surface area contributed by atoms with E-state index in [2.05, 4.69) is 0 Å². The first kappa shape index (κ1) is 13.3. The number of nitrogens with one attached hydrogen (secondary N) is 1. The van der Waals surface area contributed by atoms with Crippen LogP contribution in [0.1, 0.15) is 0 Å². The van der Waals surface area contributed by atoms with Crippen molar-refractivity contribution in [1.29, 1.82) is 0 Å². The van der Waals surface area contributed by atoms with E-state index in [1.54, 1.807) is 23.9 Å². The Morgan fingerprint density at radius 1 is 1.31 bits per heavy atom. The van der Waals surface area contributed by atoms with Crippen LogP contribution in [-0.2, 0) is 9.59 Å². The van der Waals surface area contributed by atoms with Crippen molar-refractivity contribution >= 4 is 23.4 Å². The summed E-state index contributed by atoms with van der Waals surface area (Å²) < 4.78 is 0. The molecule has 5 nitrogen and oxygen atoms in total. The van der Waals surface area contributed by atoms with Crippen LogP contribution in [0.25, 0.3) is 0 Å². The number of hydrogen-bond acceptors (Lipinski definition) is 2. The van der Waals surface area contributed by atoms with Crippen LogP contribution in [0.15, 0.2) is 0 Å². The number of quaternary nitrogens is 1. The van der Waals surface area contributed by atoms with Crippen molar-refractivity contribution in [2.75, 3.05) is 52.7 Å². The Bertz CT molecular complexity index is 263. The third-order valence-corrected chi connectivity index (χ3v) is 3.07. The molecule has 6 heteroatoms. The second-order valence-corrected chi connectivity index (χ2v) is 4.50. The molecule has 1 aliphatic rings. The summed E-state index contributed by atoms with van der Waals surface area (Å²) in [7, 11) is 3.52. The summed E-state index contributed by atoms with van der Waals surface area (Å²) >= 11 is 5.49. The SMILES string of the molecule is CN(C)C(=O)C[NH+]1CCN(C(=O)CCl)CC1. The maximum absolute atomic E-state index is 11.5. The van der Waals surface area contributed by atoms with E-state index in [1.807, 2.05) is 0 Å². The molecule has 1 heterocycles. The summed E-state index contributed by atoms with van der Waals surface area (Å²) in [5, 5.41) is 0. The lowest BCUT2D eigenvalue weighted by molar-refractivity contribution is -0.896. The fourth-order valence-corrected chi connectivity index (χ4v) is 1.87. The Morgan fingerprint density at radius 3 is 2.31 bits per heavy atom. The predicted octanol–water partition coefficient (Wildman–Crippen LogP) is -1.96. The number of amides is 2. The minimum atomic E-state index is -0.0142. The van der Waals surface area contributed by atoms with Crippen molar-refractivity contribution in [2.24, 2.45) is 0 Å². The number of piperazine rings is 1. The Hall–Kier alpha value is -0.810. The van der Waals surface area contributed by atoms with Crippen LogP contribution < -0.4 is 4.90 Å². The highest BCUT2D eigenvalue weighted by molar-refractivity contribution is 6.27. The lowest BCUT2D eigenvalue weighted by Gasteiger charge is -2.31. The molecule has 1 N–H and O–H groups in total. The lowest BCUT2D eigenvalue weighted by atomic mass is 10.3. The first-order valence-electron chi connectivity index (χ1n) is 5.42. The van der Waals surface area contributed by atoms with Crippen LogP contribution in [0.4, 0.5) is 0 Å². The largest absolute Gasteiger partial charge is 0.344 e. The summed E-state index contributed by atoms with van der Waals surface area (Å²) in [5.41, 5.74) is 0. The Morgan fingerprint density at radius 2 is 1.88 bits per heavy atom. The first-order valence-corrected chi connectivity index (χ1v) is 5.95. The molecule has 0 saturated carbocycles. The highest BCUT2D eigenvalue weighted by Gasteiger charge is 2.24. The fraction of sp³-hybridized carbons (Fsp3) is 0.800. The van der Waals surface area contributed by atoms with Gasteiger partial charge in [-0.2, -0.15) is 0 Å². The van der Waals surface area contributed by atoms with Gasteiger partial charge in [0.15, 0.2) is 6.54 Å². The predicted molar refractivity (Wildman–Crippen MR) is 61.6 cm³/mol. The molecule has 0 aromatic rings. The van der Waals surface area contributed by atoms with Gasteiger partial charge in [0, 0.05) is 14.1 Å². The molecule has 0 bridgehead atoms. The van der Waals surface area contributed by atoms with Gasteiger partial charge in [-0.25, -0.2) is 0 Å². The minimum Gasteiger partial charge on any atom is -0.344 e. The highest BCUT2D eigenvalue weighted by Crippen LogP contribution is 1.92. The van der Waals surface area contributed by atoms with Crippen LogP contribution in [0, 0.1) is 0 Å². The van der Waals surface area contributed by atoms with E-state index in [4.69, 9.17) is 11.6 Å². The number of nitrogens with zero attached hydrogens (tertiary/aromatic N) is 2. The molecule has 0 radical (unpaired) electrons. The number of alkyl halides is 1. The van der Waals surface area contributed by atoms with E-state index < -0.39 is 0 Å². The average Bonchev–Trinajstić information content (AvgIpc) is 2.28. The number of rotatable bonds is 3. The second kappa shape index (κ2) is 6.06. The van der Waals surface area contributed by atoms with Crippen LogP contribution in [0.2, 0.25) is 0 Å². The number of halogens is 1. The molecule has 1 aliphatic heterocycles. The van der Waals surface area contributed by atoms with Crippen molar-refractivity contribution in [2.45, 2.75) is 0 Å². The molecule has 0 aromatic carbocycles. The monoisotopic (exact) mass is 248 g/mol. The molecule has 0 aromatic heterocycles. The van der Waals surface area contributed by atoms with Gasteiger partial charge < -0.3 is 14.7 Å². The van der Waals surface area contributed by atoms with Crippen molar-refractivity contribution in [3.63, 3.8) is 0 Å². The van der Waals surface area contributed by atoms with Gasteiger partial charge >= 0.3 is 0 Å². The summed E-state index contributed by atoms with van der Waals surface area (Å²) in [6.45, 7) is 3.55. The first-order chi connectivity index (χ1) is 7.54. The lowest BCUT2D eigenvalue weighted by Crippen LogP contribution is -3.15. The molecule has 0 atom stereocenters. The maximum Gasteiger partial charge on any atom is 0.277 e. The number of carbonyl (C=O) groups is 2. The molecule has 92 valence electrons. The van der Waals surface area contributed by atoms with E-state index in [0.29, 0.717) is 19.6 Å². The Balaban J connectivity index is 2.32. The van der Waals surface area contributed by atoms with Crippen LogP contribution in [0.3, 0.4) is 0 Å².